The average Bonchev–Trinajstić information content (AvgIpc) is 2.97. The van der Waals surface area contributed by atoms with Gasteiger partial charge in [-0.25, -0.2) is 0 Å². The van der Waals surface area contributed by atoms with Crippen LogP contribution in [-0.4, -0.2) is 47.4 Å². The van der Waals surface area contributed by atoms with Gasteiger partial charge in [0.15, 0.2) is 0 Å². The maximum atomic E-state index is 12.0. The SMILES string of the molecule is O=C(O)[C@H]1CCC[C@H]1C(=O)NCCC(=O)N1CCCCC1. The third-order valence-corrected chi connectivity index (χ3v) is 4.52. The van der Waals surface area contributed by atoms with E-state index in [2.05, 4.69) is 5.32 Å². The quantitative estimate of drug-likeness (QED) is 0.792. The Hall–Kier alpha value is -1.59. The molecule has 6 heteroatoms. The molecular weight excluding hydrogens is 272 g/mol. The van der Waals surface area contributed by atoms with Crippen LogP contribution >= 0.6 is 0 Å². The van der Waals surface area contributed by atoms with Crippen LogP contribution in [0.2, 0.25) is 0 Å². The summed E-state index contributed by atoms with van der Waals surface area (Å²) < 4.78 is 0. The number of hydrogen-bond acceptors (Lipinski definition) is 3. The zero-order valence-corrected chi connectivity index (χ0v) is 12.3. The lowest BCUT2D eigenvalue weighted by Gasteiger charge is -2.26. The molecule has 0 aromatic rings. The highest BCUT2D eigenvalue weighted by molar-refractivity contribution is 5.85. The lowest BCUT2D eigenvalue weighted by molar-refractivity contribution is -0.146. The number of hydrogen-bond donors (Lipinski definition) is 2. The fraction of sp³-hybridized carbons (Fsp3) is 0.800. The standard InChI is InChI=1S/C15H24N2O4/c18-13(17-9-2-1-3-10-17)7-8-16-14(19)11-5-4-6-12(11)15(20)21/h11-12H,1-10H2,(H,16,19)(H,20,21)/t11-,12+/m1/s1. The summed E-state index contributed by atoms with van der Waals surface area (Å²) in [6.07, 6.45) is 5.57. The van der Waals surface area contributed by atoms with E-state index in [4.69, 9.17) is 5.11 Å². The Morgan fingerprint density at radius 3 is 2.33 bits per heavy atom. The number of carboxylic acid groups (broad SMARTS) is 1. The maximum Gasteiger partial charge on any atom is 0.307 e. The van der Waals surface area contributed by atoms with Crippen LogP contribution in [0.5, 0.6) is 0 Å². The van der Waals surface area contributed by atoms with Crippen molar-refractivity contribution < 1.29 is 19.5 Å². The van der Waals surface area contributed by atoms with Crippen molar-refractivity contribution in [1.82, 2.24) is 10.2 Å². The van der Waals surface area contributed by atoms with E-state index in [1.807, 2.05) is 4.90 Å². The van der Waals surface area contributed by atoms with Gasteiger partial charge in [-0.2, -0.15) is 0 Å². The van der Waals surface area contributed by atoms with E-state index in [0.717, 1.165) is 32.4 Å². The maximum absolute atomic E-state index is 12.0. The number of nitrogens with zero attached hydrogens (tertiary/aromatic N) is 1. The van der Waals surface area contributed by atoms with E-state index >= 15 is 0 Å². The molecule has 2 fully saturated rings. The highest BCUT2D eigenvalue weighted by Gasteiger charge is 2.37. The molecule has 21 heavy (non-hydrogen) atoms. The molecule has 2 N–H and O–H groups in total. The first kappa shape index (κ1) is 15.8. The molecule has 1 saturated carbocycles. The molecule has 2 aliphatic rings. The van der Waals surface area contributed by atoms with Gasteiger partial charge in [0.1, 0.15) is 0 Å². The van der Waals surface area contributed by atoms with Gasteiger partial charge in [0.25, 0.3) is 0 Å². The van der Waals surface area contributed by atoms with E-state index in [1.54, 1.807) is 0 Å². The summed E-state index contributed by atoms with van der Waals surface area (Å²) in [5.41, 5.74) is 0. The molecule has 2 amide bonds. The Bertz CT molecular complexity index is 404. The monoisotopic (exact) mass is 296 g/mol. The molecule has 0 aromatic carbocycles. The fourth-order valence-electron chi connectivity index (χ4n) is 3.29. The first-order valence-electron chi connectivity index (χ1n) is 7.88. The second kappa shape index (κ2) is 7.43. The number of carbonyl (C=O) groups is 3. The lowest BCUT2D eigenvalue weighted by atomic mass is 9.95. The summed E-state index contributed by atoms with van der Waals surface area (Å²) in [4.78, 5) is 36.9. The molecule has 1 aliphatic heterocycles. The number of carboxylic acids is 1. The van der Waals surface area contributed by atoms with E-state index in [1.165, 1.54) is 6.42 Å². The topological polar surface area (TPSA) is 86.7 Å². The largest absolute Gasteiger partial charge is 0.481 e. The number of likely N-dealkylation sites (tertiary alicyclic amines) is 1. The minimum atomic E-state index is -0.892. The predicted molar refractivity (Wildman–Crippen MR) is 76.5 cm³/mol. The molecule has 6 nitrogen and oxygen atoms in total. The van der Waals surface area contributed by atoms with E-state index in [0.29, 0.717) is 25.8 Å². The van der Waals surface area contributed by atoms with Gasteiger partial charge in [0.2, 0.25) is 11.8 Å². The van der Waals surface area contributed by atoms with Crippen molar-refractivity contribution in [3.8, 4) is 0 Å². The van der Waals surface area contributed by atoms with Gasteiger partial charge in [0.05, 0.1) is 11.8 Å². The van der Waals surface area contributed by atoms with Gasteiger partial charge in [-0.05, 0) is 32.1 Å². The Morgan fingerprint density at radius 1 is 1.00 bits per heavy atom. The molecule has 2 rings (SSSR count). The number of carbonyl (C=O) groups excluding carboxylic acids is 2. The van der Waals surface area contributed by atoms with E-state index < -0.39 is 17.8 Å². The first-order valence-corrected chi connectivity index (χ1v) is 7.88. The predicted octanol–water partition coefficient (Wildman–Crippen LogP) is 1.01. The van der Waals surface area contributed by atoms with Crippen molar-refractivity contribution in [2.75, 3.05) is 19.6 Å². The first-order chi connectivity index (χ1) is 10.1. The Morgan fingerprint density at radius 2 is 1.67 bits per heavy atom. The van der Waals surface area contributed by atoms with Gasteiger partial charge in [-0.15, -0.1) is 0 Å². The smallest absolute Gasteiger partial charge is 0.307 e. The van der Waals surface area contributed by atoms with Crippen molar-refractivity contribution in [2.24, 2.45) is 11.8 Å². The van der Waals surface area contributed by atoms with Gasteiger partial charge in [-0.1, -0.05) is 6.42 Å². The molecule has 0 spiro atoms. The molecular formula is C15H24N2O4. The minimum Gasteiger partial charge on any atom is -0.481 e. The van der Waals surface area contributed by atoms with Gasteiger partial charge in [0, 0.05) is 26.1 Å². The Kier molecular flexibility index (Phi) is 5.59. The number of rotatable bonds is 5. The van der Waals surface area contributed by atoms with Crippen molar-refractivity contribution in [1.29, 1.82) is 0 Å². The molecule has 0 radical (unpaired) electrons. The van der Waals surface area contributed by atoms with Crippen LogP contribution < -0.4 is 5.32 Å². The van der Waals surface area contributed by atoms with Crippen LogP contribution in [0.4, 0.5) is 0 Å². The molecule has 2 atom stereocenters. The molecule has 1 saturated heterocycles. The zero-order valence-electron chi connectivity index (χ0n) is 12.3. The van der Waals surface area contributed by atoms with Crippen LogP contribution in [0, 0.1) is 11.8 Å². The van der Waals surface area contributed by atoms with Crippen LogP contribution in [0.3, 0.4) is 0 Å². The summed E-state index contributed by atoms with van der Waals surface area (Å²) in [5, 5.41) is 11.8. The number of nitrogens with one attached hydrogen (secondary N) is 1. The summed E-state index contributed by atoms with van der Waals surface area (Å²) in [5.74, 6) is -2.03. The third kappa shape index (κ3) is 4.19. The Balaban J connectivity index is 1.71. The second-order valence-corrected chi connectivity index (χ2v) is 5.96. The Labute approximate surface area is 124 Å². The molecule has 0 aromatic heterocycles. The van der Waals surface area contributed by atoms with E-state index in [9.17, 15) is 14.4 Å². The molecule has 118 valence electrons. The fourth-order valence-corrected chi connectivity index (χ4v) is 3.29. The van der Waals surface area contributed by atoms with Gasteiger partial charge >= 0.3 is 5.97 Å². The van der Waals surface area contributed by atoms with E-state index in [-0.39, 0.29) is 11.8 Å². The zero-order chi connectivity index (χ0) is 15.2. The lowest BCUT2D eigenvalue weighted by Crippen LogP contribution is -2.40. The third-order valence-electron chi connectivity index (χ3n) is 4.52. The summed E-state index contributed by atoms with van der Waals surface area (Å²) >= 11 is 0. The van der Waals surface area contributed by atoms with Gasteiger partial charge in [-0.3, -0.25) is 14.4 Å². The highest BCUT2D eigenvalue weighted by atomic mass is 16.4. The summed E-state index contributed by atoms with van der Waals surface area (Å²) in [7, 11) is 0. The number of amides is 2. The van der Waals surface area contributed by atoms with Crippen molar-refractivity contribution >= 4 is 17.8 Å². The molecule has 0 unspecified atom stereocenters. The van der Waals surface area contributed by atoms with Crippen molar-refractivity contribution in [3.05, 3.63) is 0 Å². The minimum absolute atomic E-state index is 0.0798. The van der Waals surface area contributed by atoms with Crippen LogP contribution in [0.15, 0.2) is 0 Å². The normalized spacial score (nSPS) is 25.6. The summed E-state index contributed by atoms with van der Waals surface area (Å²) in [6.45, 7) is 1.93. The van der Waals surface area contributed by atoms with Crippen molar-refractivity contribution in [3.63, 3.8) is 0 Å². The summed E-state index contributed by atoms with van der Waals surface area (Å²) in [6, 6.07) is 0. The number of piperidine rings is 1. The molecule has 0 bridgehead atoms. The van der Waals surface area contributed by atoms with Crippen LogP contribution in [0.1, 0.15) is 44.9 Å². The van der Waals surface area contributed by atoms with Gasteiger partial charge < -0.3 is 15.3 Å². The van der Waals surface area contributed by atoms with Crippen LogP contribution in [-0.2, 0) is 14.4 Å². The number of aliphatic carboxylic acids is 1. The van der Waals surface area contributed by atoms with Crippen molar-refractivity contribution in [2.45, 2.75) is 44.9 Å². The molecule has 1 heterocycles. The second-order valence-electron chi connectivity index (χ2n) is 5.96. The highest BCUT2D eigenvalue weighted by Crippen LogP contribution is 2.31. The molecule has 1 aliphatic carbocycles. The van der Waals surface area contributed by atoms with Crippen LogP contribution in [0.25, 0.3) is 0 Å². The average molecular weight is 296 g/mol.